The summed E-state index contributed by atoms with van der Waals surface area (Å²) in [6, 6.07) is 6.47. The minimum absolute atomic E-state index is 0.0148. The number of morpholine rings is 1. The van der Waals surface area contributed by atoms with E-state index in [1.54, 1.807) is 49.8 Å². The third-order valence-corrected chi connectivity index (χ3v) is 6.48. The Kier molecular flexibility index (Phi) is 5.64. The molecule has 27 heavy (non-hydrogen) atoms. The molecule has 1 aromatic heterocycles. The fourth-order valence-corrected chi connectivity index (χ4v) is 4.50. The van der Waals surface area contributed by atoms with Gasteiger partial charge < -0.3 is 9.47 Å². The zero-order valence-corrected chi connectivity index (χ0v) is 16.5. The van der Waals surface area contributed by atoms with E-state index in [1.165, 1.54) is 4.31 Å². The van der Waals surface area contributed by atoms with Crippen molar-refractivity contribution in [3.8, 4) is 0 Å². The Labute approximate surface area is 158 Å². The SMILES string of the molecule is Cc1nn(C)c(C)c1C(=O)OCc1cccc(S(=O)(=O)N2CCOCC2)c1. The quantitative estimate of drug-likeness (QED) is 0.714. The van der Waals surface area contributed by atoms with E-state index >= 15 is 0 Å². The van der Waals surface area contributed by atoms with Gasteiger partial charge in [0.05, 0.1) is 23.8 Å². The minimum Gasteiger partial charge on any atom is -0.457 e. The van der Waals surface area contributed by atoms with Gasteiger partial charge in [-0.3, -0.25) is 4.68 Å². The molecular formula is C18H23N3O5S. The molecule has 0 unspecified atom stereocenters. The molecule has 1 fully saturated rings. The van der Waals surface area contributed by atoms with Crippen LogP contribution in [0.1, 0.15) is 27.3 Å². The second kappa shape index (κ2) is 7.79. The summed E-state index contributed by atoms with van der Waals surface area (Å²) in [5, 5.41) is 4.21. The molecular weight excluding hydrogens is 370 g/mol. The molecule has 1 saturated heterocycles. The van der Waals surface area contributed by atoms with E-state index in [4.69, 9.17) is 9.47 Å². The van der Waals surface area contributed by atoms with E-state index in [0.717, 1.165) is 5.69 Å². The third kappa shape index (κ3) is 4.05. The van der Waals surface area contributed by atoms with Crippen molar-refractivity contribution in [1.82, 2.24) is 14.1 Å². The molecule has 0 aliphatic carbocycles. The molecule has 0 bridgehead atoms. The van der Waals surface area contributed by atoms with E-state index in [-0.39, 0.29) is 11.5 Å². The first kappa shape index (κ1) is 19.5. The Morgan fingerprint density at radius 2 is 1.96 bits per heavy atom. The van der Waals surface area contributed by atoms with Crippen LogP contribution >= 0.6 is 0 Å². The number of carbonyl (C=O) groups excluding carboxylic acids is 1. The first-order valence-corrected chi connectivity index (χ1v) is 10.1. The van der Waals surface area contributed by atoms with Crippen LogP contribution in [0.2, 0.25) is 0 Å². The van der Waals surface area contributed by atoms with Gasteiger partial charge in [0, 0.05) is 25.8 Å². The molecule has 0 amide bonds. The first-order chi connectivity index (χ1) is 12.8. The molecule has 9 heteroatoms. The van der Waals surface area contributed by atoms with Gasteiger partial charge in [0.1, 0.15) is 12.2 Å². The number of hydrogen-bond donors (Lipinski definition) is 0. The normalized spacial score (nSPS) is 15.7. The van der Waals surface area contributed by atoms with Crippen molar-refractivity contribution < 1.29 is 22.7 Å². The van der Waals surface area contributed by atoms with Crippen LogP contribution in [0.15, 0.2) is 29.2 Å². The second-order valence-electron chi connectivity index (χ2n) is 6.41. The number of esters is 1. The summed E-state index contributed by atoms with van der Waals surface area (Å²) in [7, 11) is -1.82. The predicted octanol–water partition coefficient (Wildman–Crippen LogP) is 1.41. The number of carbonyl (C=O) groups is 1. The van der Waals surface area contributed by atoms with Gasteiger partial charge in [0.2, 0.25) is 10.0 Å². The van der Waals surface area contributed by atoms with Crippen molar-refractivity contribution >= 4 is 16.0 Å². The highest BCUT2D eigenvalue weighted by Crippen LogP contribution is 2.20. The highest BCUT2D eigenvalue weighted by atomic mass is 32.2. The molecule has 0 N–H and O–H groups in total. The van der Waals surface area contributed by atoms with Crippen molar-refractivity contribution in [2.24, 2.45) is 7.05 Å². The van der Waals surface area contributed by atoms with Gasteiger partial charge in [-0.15, -0.1) is 0 Å². The number of nitrogens with zero attached hydrogens (tertiary/aromatic N) is 3. The molecule has 0 spiro atoms. The average Bonchev–Trinajstić information content (AvgIpc) is 2.92. The van der Waals surface area contributed by atoms with Crippen LogP contribution in [0.4, 0.5) is 0 Å². The molecule has 1 aliphatic rings. The van der Waals surface area contributed by atoms with Gasteiger partial charge >= 0.3 is 5.97 Å². The van der Waals surface area contributed by atoms with Gasteiger partial charge in [-0.2, -0.15) is 9.40 Å². The maximum Gasteiger partial charge on any atom is 0.342 e. The fraction of sp³-hybridized carbons (Fsp3) is 0.444. The smallest absolute Gasteiger partial charge is 0.342 e. The molecule has 2 heterocycles. The van der Waals surface area contributed by atoms with Crippen molar-refractivity contribution in [2.45, 2.75) is 25.3 Å². The third-order valence-electron chi connectivity index (χ3n) is 4.59. The summed E-state index contributed by atoms with van der Waals surface area (Å²) in [5.41, 5.74) is 2.37. The van der Waals surface area contributed by atoms with Crippen molar-refractivity contribution in [3.63, 3.8) is 0 Å². The minimum atomic E-state index is -3.59. The first-order valence-electron chi connectivity index (χ1n) is 8.65. The fourth-order valence-electron chi connectivity index (χ4n) is 3.02. The molecule has 8 nitrogen and oxygen atoms in total. The molecule has 1 aliphatic heterocycles. The topological polar surface area (TPSA) is 90.7 Å². The Morgan fingerprint density at radius 1 is 1.26 bits per heavy atom. The molecule has 1 aromatic carbocycles. The maximum absolute atomic E-state index is 12.7. The van der Waals surface area contributed by atoms with Crippen LogP contribution < -0.4 is 0 Å². The van der Waals surface area contributed by atoms with Crippen LogP contribution in [0.5, 0.6) is 0 Å². The lowest BCUT2D eigenvalue weighted by atomic mass is 10.2. The van der Waals surface area contributed by atoms with Crippen molar-refractivity contribution in [2.75, 3.05) is 26.3 Å². The Hall–Kier alpha value is -2.23. The van der Waals surface area contributed by atoms with Gasteiger partial charge in [-0.05, 0) is 31.5 Å². The monoisotopic (exact) mass is 393 g/mol. The number of ether oxygens (including phenoxy) is 2. The summed E-state index contributed by atoms with van der Waals surface area (Å²) < 4.78 is 39.1. The van der Waals surface area contributed by atoms with E-state index in [0.29, 0.717) is 43.1 Å². The summed E-state index contributed by atoms with van der Waals surface area (Å²) in [6.45, 7) is 4.98. The van der Waals surface area contributed by atoms with Gasteiger partial charge in [-0.1, -0.05) is 12.1 Å². The molecule has 2 aromatic rings. The Bertz CT molecular complexity index is 946. The van der Waals surface area contributed by atoms with Crippen LogP contribution in [-0.2, 0) is 33.2 Å². The number of hydrogen-bond acceptors (Lipinski definition) is 6. The maximum atomic E-state index is 12.7. The lowest BCUT2D eigenvalue weighted by molar-refractivity contribution is 0.0470. The van der Waals surface area contributed by atoms with Crippen molar-refractivity contribution in [1.29, 1.82) is 0 Å². The number of aryl methyl sites for hydroxylation is 2. The molecule has 0 saturated carbocycles. The van der Waals surface area contributed by atoms with Crippen LogP contribution in [0.3, 0.4) is 0 Å². The van der Waals surface area contributed by atoms with Crippen molar-refractivity contribution in [3.05, 3.63) is 46.8 Å². The van der Waals surface area contributed by atoms with E-state index in [9.17, 15) is 13.2 Å². The highest BCUT2D eigenvalue weighted by Gasteiger charge is 2.26. The summed E-state index contributed by atoms with van der Waals surface area (Å²) in [4.78, 5) is 12.6. The van der Waals surface area contributed by atoms with E-state index in [2.05, 4.69) is 5.10 Å². The van der Waals surface area contributed by atoms with E-state index in [1.807, 2.05) is 0 Å². The largest absolute Gasteiger partial charge is 0.457 e. The van der Waals surface area contributed by atoms with Crippen LogP contribution in [0, 0.1) is 13.8 Å². The number of rotatable bonds is 5. The lowest BCUT2D eigenvalue weighted by Crippen LogP contribution is -2.40. The van der Waals surface area contributed by atoms with Crippen LogP contribution in [0.25, 0.3) is 0 Å². The van der Waals surface area contributed by atoms with Gasteiger partial charge in [-0.25, -0.2) is 13.2 Å². The number of sulfonamides is 1. The molecule has 146 valence electrons. The van der Waals surface area contributed by atoms with Crippen LogP contribution in [-0.4, -0.2) is 54.8 Å². The zero-order chi connectivity index (χ0) is 19.6. The highest BCUT2D eigenvalue weighted by molar-refractivity contribution is 7.89. The summed E-state index contributed by atoms with van der Waals surface area (Å²) in [5.74, 6) is -0.473. The predicted molar refractivity (Wildman–Crippen MR) is 97.8 cm³/mol. The Balaban J connectivity index is 1.73. The average molecular weight is 393 g/mol. The summed E-state index contributed by atoms with van der Waals surface area (Å²) >= 11 is 0. The standard InChI is InChI=1S/C18H23N3O5S/c1-13-17(14(2)20(3)19-13)18(22)26-12-15-5-4-6-16(11-15)27(23,24)21-7-9-25-10-8-21/h4-6,11H,7-10,12H2,1-3H3. The van der Waals surface area contributed by atoms with E-state index < -0.39 is 16.0 Å². The lowest BCUT2D eigenvalue weighted by Gasteiger charge is -2.26. The summed E-state index contributed by atoms with van der Waals surface area (Å²) in [6.07, 6.45) is 0. The molecule has 3 rings (SSSR count). The number of benzene rings is 1. The Morgan fingerprint density at radius 3 is 2.59 bits per heavy atom. The van der Waals surface area contributed by atoms with Gasteiger partial charge in [0.15, 0.2) is 0 Å². The molecule has 0 radical (unpaired) electrons. The molecule has 0 atom stereocenters. The van der Waals surface area contributed by atoms with Gasteiger partial charge in [0.25, 0.3) is 0 Å². The zero-order valence-electron chi connectivity index (χ0n) is 15.6. The number of aromatic nitrogens is 2. The second-order valence-corrected chi connectivity index (χ2v) is 8.35.